The molecule has 3 saturated heterocycles. The molecule has 3 aliphatic heterocycles. The Morgan fingerprint density at radius 1 is 1.05 bits per heavy atom. The average molecular weight is 617 g/mol. The van der Waals surface area contributed by atoms with Crippen molar-refractivity contribution in [1.29, 1.82) is 0 Å². The van der Waals surface area contributed by atoms with E-state index in [1.807, 2.05) is 25.3 Å². The van der Waals surface area contributed by atoms with E-state index in [2.05, 4.69) is 38.3 Å². The molecule has 236 valence electrons. The lowest BCUT2D eigenvalue weighted by molar-refractivity contribution is -0.0710. The first-order chi connectivity index (χ1) is 20.9. The van der Waals surface area contributed by atoms with E-state index in [1.54, 1.807) is 23.3 Å². The van der Waals surface area contributed by atoms with E-state index in [9.17, 15) is 8.42 Å². The van der Waals surface area contributed by atoms with Crippen LogP contribution in [0.25, 0.3) is 0 Å². The van der Waals surface area contributed by atoms with Crippen LogP contribution < -0.4 is 10.6 Å². The fourth-order valence-electron chi connectivity index (χ4n) is 11.8. The van der Waals surface area contributed by atoms with Crippen molar-refractivity contribution in [2.24, 2.45) is 29.1 Å². The minimum atomic E-state index is -3.71. The van der Waals surface area contributed by atoms with Gasteiger partial charge in [0.1, 0.15) is 0 Å². The lowest BCUT2D eigenvalue weighted by Gasteiger charge is -2.52. The van der Waals surface area contributed by atoms with Gasteiger partial charge in [0.2, 0.25) is 0 Å². The van der Waals surface area contributed by atoms with Crippen molar-refractivity contribution in [3.05, 3.63) is 58.4 Å². The van der Waals surface area contributed by atoms with Crippen LogP contribution in [0.3, 0.4) is 0 Å². The minimum Gasteiger partial charge on any atom is -0.369 e. The number of fused-ring (bicyclic) bond motifs is 4. The Bertz CT molecular complexity index is 1700. The Labute approximate surface area is 262 Å². The van der Waals surface area contributed by atoms with E-state index in [0.29, 0.717) is 40.7 Å². The molecule has 1 aromatic heterocycles. The molecule has 4 aliphatic carbocycles. The van der Waals surface area contributed by atoms with Gasteiger partial charge >= 0.3 is 0 Å². The summed E-state index contributed by atoms with van der Waals surface area (Å²) < 4.78 is 35.4. The molecule has 2 N–H and O–H groups in total. The van der Waals surface area contributed by atoms with Crippen LogP contribution in [0, 0.1) is 36.0 Å². The summed E-state index contributed by atoms with van der Waals surface area (Å²) in [6.45, 7) is 12.8. The maximum Gasteiger partial charge on any atom is 0.282 e. The molecule has 0 amide bonds. The molecule has 7 aliphatic rings. The molecular weight excluding hydrogens is 568 g/mol. The third-order valence-electron chi connectivity index (χ3n) is 14.2. The molecule has 8 heteroatoms. The first-order valence-electron chi connectivity index (χ1n) is 17.2. The molecule has 5 fully saturated rings. The van der Waals surface area contributed by atoms with Crippen molar-refractivity contribution >= 4 is 10.0 Å². The summed E-state index contributed by atoms with van der Waals surface area (Å²) in [5, 5.41) is 12.8. The highest BCUT2D eigenvalue weighted by Crippen LogP contribution is 2.73. The Morgan fingerprint density at radius 2 is 1.84 bits per heavy atom. The number of aromatic nitrogens is 2. The van der Waals surface area contributed by atoms with Crippen LogP contribution in [0.1, 0.15) is 89.5 Å². The molecule has 9 rings (SSSR count). The molecule has 3 spiro atoms. The molecule has 0 bridgehead atoms. The molecule has 0 radical (unpaired) electrons. The quantitative estimate of drug-likeness (QED) is 0.351. The Kier molecular flexibility index (Phi) is 5.69. The van der Waals surface area contributed by atoms with Crippen molar-refractivity contribution in [1.82, 2.24) is 19.8 Å². The van der Waals surface area contributed by atoms with Crippen LogP contribution in [0.5, 0.6) is 0 Å². The van der Waals surface area contributed by atoms with E-state index < -0.39 is 10.0 Å². The van der Waals surface area contributed by atoms with Gasteiger partial charge in [0, 0.05) is 23.7 Å². The number of nitrogens with one attached hydrogen (secondary N) is 2. The second kappa shape index (κ2) is 8.87. The van der Waals surface area contributed by atoms with Gasteiger partial charge in [-0.15, -0.1) is 0 Å². The number of hydrogen-bond donors (Lipinski definition) is 2. The summed E-state index contributed by atoms with van der Waals surface area (Å²) in [5.41, 5.74) is 6.78. The Hall–Kier alpha value is -2.00. The number of aryl methyl sites for hydroxylation is 1. The van der Waals surface area contributed by atoms with Gasteiger partial charge in [-0.1, -0.05) is 44.0 Å². The predicted octanol–water partition coefficient (Wildman–Crippen LogP) is 5.32. The molecule has 2 saturated carbocycles. The monoisotopic (exact) mass is 616 g/mol. The number of nitrogens with zero attached hydrogens (tertiary/aromatic N) is 2. The molecule has 7 nitrogen and oxygen atoms in total. The summed E-state index contributed by atoms with van der Waals surface area (Å²) in [4.78, 5) is 0.302. The summed E-state index contributed by atoms with van der Waals surface area (Å²) in [6.07, 6.45) is 12.1. The van der Waals surface area contributed by atoms with Crippen LogP contribution in [0.4, 0.5) is 0 Å². The zero-order valence-electron chi connectivity index (χ0n) is 26.9. The zero-order valence-corrected chi connectivity index (χ0v) is 27.8. The van der Waals surface area contributed by atoms with Crippen LogP contribution in [-0.4, -0.2) is 53.0 Å². The van der Waals surface area contributed by atoms with Gasteiger partial charge in [-0.25, -0.2) is 0 Å². The van der Waals surface area contributed by atoms with Crippen molar-refractivity contribution in [2.45, 2.75) is 126 Å². The summed E-state index contributed by atoms with van der Waals surface area (Å²) in [7, 11) is -3.71. The fourth-order valence-corrected chi connectivity index (χ4v) is 12.9. The molecule has 10 unspecified atom stereocenters. The van der Waals surface area contributed by atoms with Crippen LogP contribution in [0.15, 0.2) is 46.5 Å². The van der Waals surface area contributed by atoms with E-state index >= 15 is 0 Å². The molecule has 10 atom stereocenters. The third-order valence-corrected chi connectivity index (χ3v) is 15.7. The maximum absolute atomic E-state index is 13.5. The number of benzene rings is 1. The summed E-state index contributed by atoms with van der Waals surface area (Å²) in [5.74, 6) is 2.29. The van der Waals surface area contributed by atoms with E-state index in [0.717, 1.165) is 49.0 Å². The SMILES string of the molecule is CC1=C2CC3C4(C)Cc5cn(S(=O)(=O)c6ccc(C)cc6)nc5CC4CCC34NC24CCC2(C1)OC1CC(C)CNC1C2C. The van der Waals surface area contributed by atoms with Crippen LogP contribution in [-0.2, 0) is 27.6 Å². The Balaban J connectivity index is 1.02. The van der Waals surface area contributed by atoms with Crippen molar-refractivity contribution in [2.75, 3.05) is 6.54 Å². The number of hydrogen-bond acceptors (Lipinski definition) is 6. The number of piperidine rings is 2. The maximum atomic E-state index is 13.5. The molecule has 1 aromatic carbocycles. The van der Waals surface area contributed by atoms with Gasteiger partial charge < -0.3 is 10.1 Å². The Morgan fingerprint density at radius 3 is 2.64 bits per heavy atom. The highest BCUT2D eigenvalue weighted by molar-refractivity contribution is 7.89. The van der Waals surface area contributed by atoms with Crippen molar-refractivity contribution in [3.8, 4) is 0 Å². The second-order valence-electron chi connectivity index (χ2n) is 16.4. The molecule has 2 aromatic rings. The standard InChI is InChI=1S/C36H48N4O3S/c1-21-6-8-27(9-7-21)44(41,42)40-20-25-18-33(5)26(15-29(25)38-40)10-11-36-31(33)16-28-23(3)17-34(12-13-35(28,36)39-36)24(4)32-30(43-34)14-22(2)19-37-32/h6-9,20,22,24,26,30-32,37,39H,10-19H2,1-5H3. The van der Waals surface area contributed by atoms with E-state index in [-0.39, 0.29) is 22.1 Å². The lowest BCUT2D eigenvalue weighted by Crippen LogP contribution is -2.52. The number of ether oxygens (including phenoxy) is 1. The highest BCUT2D eigenvalue weighted by Gasteiger charge is 2.80. The average Bonchev–Trinajstić information content (AvgIpc) is 3.19. The third kappa shape index (κ3) is 3.49. The van der Waals surface area contributed by atoms with Crippen molar-refractivity contribution in [3.63, 3.8) is 0 Å². The van der Waals surface area contributed by atoms with Crippen LogP contribution >= 0.6 is 0 Å². The smallest absolute Gasteiger partial charge is 0.282 e. The minimum absolute atomic E-state index is 0.0537. The normalized spacial score (nSPS) is 45.6. The number of rotatable bonds is 2. The van der Waals surface area contributed by atoms with Gasteiger partial charge in [-0.05, 0) is 125 Å². The van der Waals surface area contributed by atoms with E-state index in [4.69, 9.17) is 9.84 Å². The van der Waals surface area contributed by atoms with Crippen LogP contribution in [0.2, 0.25) is 0 Å². The van der Waals surface area contributed by atoms with Crippen molar-refractivity contribution < 1.29 is 13.2 Å². The fraction of sp³-hybridized carbons (Fsp3) is 0.694. The predicted molar refractivity (Wildman–Crippen MR) is 170 cm³/mol. The van der Waals surface area contributed by atoms with Gasteiger partial charge in [-0.3, -0.25) is 5.32 Å². The summed E-state index contributed by atoms with van der Waals surface area (Å²) >= 11 is 0. The molecular formula is C36H48N4O3S. The largest absolute Gasteiger partial charge is 0.369 e. The first-order valence-corrected chi connectivity index (χ1v) is 18.6. The van der Waals surface area contributed by atoms with Gasteiger partial charge in [0.15, 0.2) is 0 Å². The zero-order chi connectivity index (χ0) is 30.4. The second-order valence-corrected chi connectivity index (χ2v) is 18.2. The summed E-state index contributed by atoms with van der Waals surface area (Å²) in [6, 6.07) is 7.58. The molecule has 44 heavy (non-hydrogen) atoms. The van der Waals surface area contributed by atoms with Gasteiger partial charge in [0.05, 0.1) is 27.8 Å². The van der Waals surface area contributed by atoms with E-state index in [1.165, 1.54) is 36.2 Å². The van der Waals surface area contributed by atoms with Gasteiger partial charge in [-0.2, -0.15) is 17.6 Å². The lowest BCUT2D eigenvalue weighted by atomic mass is 9.52. The highest BCUT2D eigenvalue weighted by atomic mass is 32.2. The molecule has 4 heterocycles. The topological polar surface area (TPSA) is 95.2 Å². The van der Waals surface area contributed by atoms with Gasteiger partial charge in [0.25, 0.3) is 10.0 Å². The first kappa shape index (κ1) is 28.2.